The number of phenolic OH excluding ortho intramolecular Hbond substituents is 2. The molecular weight excluding hydrogens is 432 g/mol. The lowest BCUT2D eigenvalue weighted by molar-refractivity contribution is 0.409. The molecule has 0 aromatic heterocycles. The fourth-order valence-electron chi connectivity index (χ4n) is 1.30. The van der Waals surface area contributed by atoms with Gasteiger partial charge in [0.25, 0.3) is 0 Å². The van der Waals surface area contributed by atoms with E-state index in [-0.39, 0.29) is 11.5 Å². The Balaban J connectivity index is 2.37. The van der Waals surface area contributed by atoms with Crippen LogP contribution in [0.4, 0.5) is 0 Å². The van der Waals surface area contributed by atoms with Gasteiger partial charge in [0.1, 0.15) is 11.5 Å². The number of rotatable bonds is 2. The van der Waals surface area contributed by atoms with Gasteiger partial charge < -0.3 is 14.9 Å². The second kappa shape index (κ2) is 5.50. The van der Waals surface area contributed by atoms with Crippen LogP contribution in [0.25, 0.3) is 0 Å². The first-order valence-electron chi connectivity index (χ1n) is 4.82. The molecule has 0 radical (unpaired) electrons. The average Bonchev–Trinajstić information content (AvgIpc) is 2.31. The minimum absolute atomic E-state index is 0.0403. The summed E-state index contributed by atoms with van der Waals surface area (Å²) in [5.74, 6) is 0.952. The maximum Gasteiger partial charge on any atom is 0.170 e. The first-order valence-corrected chi connectivity index (χ1v) is 7.19. The van der Waals surface area contributed by atoms with Crippen LogP contribution < -0.4 is 4.74 Å². The van der Waals surface area contributed by atoms with Gasteiger partial charge >= 0.3 is 0 Å². The summed E-state index contributed by atoms with van der Waals surface area (Å²) in [4.78, 5) is 0. The van der Waals surface area contributed by atoms with E-state index >= 15 is 0 Å². The number of halogens is 3. The molecule has 3 nitrogen and oxygen atoms in total. The Hall–Kier alpha value is -0.720. The van der Waals surface area contributed by atoms with E-state index in [1.807, 2.05) is 0 Å². The van der Waals surface area contributed by atoms with E-state index in [0.29, 0.717) is 20.4 Å². The number of phenols is 2. The van der Waals surface area contributed by atoms with Crippen LogP contribution in [-0.2, 0) is 0 Å². The minimum Gasteiger partial charge on any atom is -0.506 e. The summed E-state index contributed by atoms with van der Waals surface area (Å²) in [7, 11) is 0. The number of aromatic hydroxyl groups is 2. The van der Waals surface area contributed by atoms with E-state index in [4.69, 9.17) is 4.74 Å². The highest BCUT2D eigenvalue weighted by Crippen LogP contribution is 2.39. The van der Waals surface area contributed by atoms with Crippen molar-refractivity contribution in [1.82, 2.24) is 0 Å². The van der Waals surface area contributed by atoms with E-state index in [2.05, 4.69) is 47.8 Å². The minimum atomic E-state index is 0.0403. The smallest absolute Gasteiger partial charge is 0.170 e. The van der Waals surface area contributed by atoms with Crippen LogP contribution in [-0.4, -0.2) is 10.2 Å². The lowest BCUT2D eigenvalue weighted by Gasteiger charge is -2.10. The summed E-state index contributed by atoms with van der Waals surface area (Å²) in [5.41, 5.74) is 0. The third kappa shape index (κ3) is 2.99. The first-order chi connectivity index (χ1) is 8.47. The number of ether oxygens (including phenoxy) is 1. The molecule has 2 N–H and O–H groups in total. The topological polar surface area (TPSA) is 49.7 Å². The van der Waals surface area contributed by atoms with Crippen LogP contribution in [0.5, 0.6) is 23.0 Å². The van der Waals surface area contributed by atoms with Crippen molar-refractivity contribution in [3.63, 3.8) is 0 Å². The summed E-state index contributed by atoms with van der Waals surface area (Å²) < 4.78 is 7.36. The Kier molecular flexibility index (Phi) is 4.19. The Morgan fingerprint density at radius 1 is 0.889 bits per heavy atom. The van der Waals surface area contributed by atoms with Crippen molar-refractivity contribution < 1.29 is 14.9 Å². The molecular formula is C12H7Br3O3. The maximum absolute atomic E-state index is 9.67. The average molecular weight is 439 g/mol. The second-order valence-corrected chi connectivity index (χ2v) is 6.07. The molecule has 0 spiro atoms. The van der Waals surface area contributed by atoms with Gasteiger partial charge in [-0.25, -0.2) is 0 Å². The largest absolute Gasteiger partial charge is 0.506 e. The highest BCUT2D eigenvalue weighted by Gasteiger charge is 2.09. The Morgan fingerprint density at radius 2 is 1.50 bits per heavy atom. The van der Waals surface area contributed by atoms with Crippen LogP contribution in [0.3, 0.4) is 0 Å². The van der Waals surface area contributed by atoms with Gasteiger partial charge in [0.2, 0.25) is 0 Å². The van der Waals surface area contributed by atoms with E-state index in [9.17, 15) is 10.2 Å². The fourth-order valence-corrected chi connectivity index (χ4v) is 2.78. The first kappa shape index (κ1) is 13.7. The molecule has 94 valence electrons. The summed E-state index contributed by atoms with van der Waals surface area (Å²) in [6.07, 6.45) is 0. The molecule has 2 rings (SSSR count). The summed E-state index contributed by atoms with van der Waals surface area (Å²) >= 11 is 9.72. The van der Waals surface area contributed by atoms with Gasteiger partial charge in [-0.15, -0.1) is 0 Å². The molecule has 0 aliphatic rings. The molecule has 0 aliphatic heterocycles. The van der Waals surface area contributed by atoms with Crippen LogP contribution in [0.2, 0.25) is 0 Å². The molecule has 0 unspecified atom stereocenters. The van der Waals surface area contributed by atoms with Crippen LogP contribution in [0.1, 0.15) is 0 Å². The third-order valence-corrected chi connectivity index (χ3v) is 3.84. The van der Waals surface area contributed by atoms with Crippen molar-refractivity contribution in [2.24, 2.45) is 0 Å². The van der Waals surface area contributed by atoms with Crippen molar-refractivity contribution in [3.8, 4) is 23.0 Å². The van der Waals surface area contributed by atoms with Crippen molar-refractivity contribution >= 4 is 47.8 Å². The third-order valence-electron chi connectivity index (χ3n) is 2.14. The van der Waals surface area contributed by atoms with Crippen LogP contribution in [0.15, 0.2) is 43.7 Å². The molecule has 6 heteroatoms. The maximum atomic E-state index is 9.67. The normalized spacial score (nSPS) is 10.4. The molecule has 2 aromatic rings. The van der Waals surface area contributed by atoms with E-state index < -0.39 is 0 Å². The lowest BCUT2D eigenvalue weighted by atomic mass is 10.3. The van der Waals surface area contributed by atoms with Crippen LogP contribution >= 0.6 is 47.8 Å². The predicted octanol–water partition coefficient (Wildman–Crippen LogP) is 5.18. The monoisotopic (exact) mass is 436 g/mol. The van der Waals surface area contributed by atoms with Crippen LogP contribution in [0, 0.1) is 0 Å². The van der Waals surface area contributed by atoms with Gasteiger partial charge in [-0.2, -0.15) is 0 Å². The predicted molar refractivity (Wildman–Crippen MR) is 79.4 cm³/mol. The fraction of sp³-hybridized carbons (Fsp3) is 0. The molecule has 0 atom stereocenters. The molecule has 0 fully saturated rings. The lowest BCUT2D eigenvalue weighted by Crippen LogP contribution is -1.86. The molecule has 0 heterocycles. The van der Waals surface area contributed by atoms with Gasteiger partial charge in [0, 0.05) is 4.47 Å². The zero-order valence-corrected chi connectivity index (χ0v) is 13.6. The number of hydrogen-bond acceptors (Lipinski definition) is 3. The molecule has 0 amide bonds. The van der Waals surface area contributed by atoms with E-state index in [0.717, 1.165) is 4.47 Å². The van der Waals surface area contributed by atoms with Crippen molar-refractivity contribution in [2.45, 2.75) is 0 Å². The van der Waals surface area contributed by atoms with Gasteiger partial charge in [-0.1, -0.05) is 15.9 Å². The highest BCUT2D eigenvalue weighted by atomic mass is 79.9. The molecule has 0 aliphatic carbocycles. The quantitative estimate of drug-likeness (QED) is 0.679. The second-order valence-electron chi connectivity index (χ2n) is 3.45. The van der Waals surface area contributed by atoms with Crippen molar-refractivity contribution in [3.05, 3.63) is 43.7 Å². The van der Waals surface area contributed by atoms with E-state index in [1.165, 1.54) is 6.07 Å². The molecule has 0 saturated carbocycles. The SMILES string of the molecule is Oc1ccc(Br)cc1Oc1cc(Br)c(O)c(Br)c1. The van der Waals surface area contributed by atoms with Gasteiger partial charge in [-0.3, -0.25) is 0 Å². The zero-order chi connectivity index (χ0) is 13.3. The number of hydrogen-bond donors (Lipinski definition) is 2. The Morgan fingerprint density at radius 3 is 2.11 bits per heavy atom. The summed E-state index contributed by atoms with van der Waals surface area (Å²) in [5, 5.41) is 19.3. The molecule has 0 bridgehead atoms. The Labute approximate surface area is 129 Å². The van der Waals surface area contributed by atoms with Gasteiger partial charge in [-0.05, 0) is 62.2 Å². The standard InChI is InChI=1S/C12H7Br3O3/c13-6-1-2-10(16)11(3-6)18-7-4-8(14)12(17)9(15)5-7/h1-5,16-17H. The molecule has 0 saturated heterocycles. The zero-order valence-electron chi connectivity index (χ0n) is 8.82. The summed E-state index contributed by atoms with van der Waals surface area (Å²) in [6, 6.07) is 8.12. The molecule has 2 aromatic carbocycles. The van der Waals surface area contributed by atoms with Gasteiger partial charge in [0.15, 0.2) is 11.5 Å². The van der Waals surface area contributed by atoms with Crippen molar-refractivity contribution in [1.29, 1.82) is 0 Å². The van der Waals surface area contributed by atoms with Gasteiger partial charge in [0.05, 0.1) is 8.95 Å². The molecule has 18 heavy (non-hydrogen) atoms. The Bertz CT molecular complexity index is 576. The summed E-state index contributed by atoms with van der Waals surface area (Å²) in [6.45, 7) is 0. The van der Waals surface area contributed by atoms with E-state index in [1.54, 1.807) is 24.3 Å². The highest BCUT2D eigenvalue weighted by molar-refractivity contribution is 9.11. The van der Waals surface area contributed by atoms with Crippen molar-refractivity contribution in [2.75, 3.05) is 0 Å². The number of benzene rings is 2.